The van der Waals surface area contributed by atoms with Gasteiger partial charge in [0, 0.05) is 0 Å². The van der Waals surface area contributed by atoms with E-state index in [1.807, 2.05) is 31.2 Å². The molecule has 26 heavy (non-hydrogen) atoms. The fourth-order valence-electron chi connectivity index (χ4n) is 2.98. The Kier molecular flexibility index (Phi) is 5.04. The van der Waals surface area contributed by atoms with Gasteiger partial charge in [-0.25, -0.2) is 4.79 Å². The highest BCUT2D eigenvalue weighted by molar-refractivity contribution is 5.94. The van der Waals surface area contributed by atoms with E-state index < -0.39 is 5.97 Å². The Hall–Kier alpha value is -3.13. The third-order valence-electron chi connectivity index (χ3n) is 4.39. The van der Waals surface area contributed by atoms with Gasteiger partial charge in [0.15, 0.2) is 0 Å². The third-order valence-corrected chi connectivity index (χ3v) is 4.39. The van der Waals surface area contributed by atoms with Crippen molar-refractivity contribution in [1.29, 1.82) is 0 Å². The molecule has 4 aromatic rings. The summed E-state index contributed by atoms with van der Waals surface area (Å²) in [5.41, 5.74) is 4.17. The molecule has 0 amide bonds. The lowest BCUT2D eigenvalue weighted by molar-refractivity contribution is 0.0697. The van der Waals surface area contributed by atoms with Crippen LogP contribution in [-0.4, -0.2) is 11.1 Å². The second-order valence-electron chi connectivity index (χ2n) is 6.72. The van der Waals surface area contributed by atoms with Crippen molar-refractivity contribution >= 4 is 27.5 Å². The summed E-state index contributed by atoms with van der Waals surface area (Å²) in [5.74, 6) is -0.882. The van der Waals surface area contributed by atoms with E-state index in [2.05, 4.69) is 50.2 Å². The molecule has 0 bridgehead atoms. The number of hydrogen-bond donors (Lipinski definition) is 1. The maximum absolute atomic E-state index is 10.7. The fraction of sp³-hybridized carbons (Fsp3) is 0.125. The van der Waals surface area contributed by atoms with Gasteiger partial charge in [-0.15, -0.1) is 0 Å². The third kappa shape index (κ3) is 4.09. The molecule has 0 aliphatic heterocycles. The zero-order valence-corrected chi connectivity index (χ0v) is 15.3. The molecule has 0 atom stereocenters. The smallest absolute Gasteiger partial charge is 0.335 e. The Morgan fingerprint density at radius 1 is 0.577 bits per heavy atom. The summed E-state index contributed by atoms with van der Waals surface area (Å²) in [5, 5.41) is 13.5. The van der Waals surface area contributed by atoms with Crippen molar-refractivity contribution in [3.8, 4) is 0 Å². The number of aromatic carboxylic acids is 1. The minimum Gasteiger partial charge on any atom is -0.478 e. The molecule has 0 saturated heterocycles. The SMILES string of the molecule is Cc1ccc2cc(C(=O)O)ccc2c1.Cc1ccc2cc(C)ccc2c1. The van der Waals surface area contributed by atoms with Crippen molar-refractivity contribution < 1.29 is 9.90 Å². The number of carbonyl (C=O) groups is 1. The first kappa shape index (κ1) is 17.7. The number of carboxylic acid groups (broad SMARTS) is 1. The molecule has 4 rings (SSSR count). The van der Waals surface area contributed by atoms with Crippen LogP contribution < -0.4 is 0 Å². The van der Waals surface area contributed by atoms with Crippen LogP contribution in [0.3, 0.4) is 0 Å². The van der Waals surface area contributed by atoms with Gasteiger partial charge in [0.2, 0.25) is 0 Å². The van der Waals surface area contributed by atoms with Gasteiger partial charge >= 0.3 is 5.97 Å². The quantitative estimate of drug-likeness (QED) is 0.440. The highest BCUT2D eigenvalue weighted by Gasteiger charge is 2.02. The first-order chi connectivity index (χ1) is 12.4. The van der Waals surface area contributed by atoms with Crippen LogP contribution in [0.15, 0.2) is 72.8 Å². The summed E-state index contributed by atoms with van der Waals surface area (Å²) in [6.07, 6.45) is 0. The first-order valence-electron chi connectivity index (χ1n) is 8.63. The highest BCUT2D eigenvalue weighted by Crippen LogP contribution is 2.18. The molecule has 0 heterocycles. The molecular formula is C24H22O2. The van der Waals surface area contributed by atoms with Gasteiger partial charge in [-0.2, -0.15) is 0 Å². The van der Waals surface area contributed by atoms with Crippen molar-refractivity contribution in [1.82, 2.24) is 0 Å². The second kappa shape index (κ2) is 7.40. The number of hydrogen-bond acceptors (Lipinski definition) is 1. The number of fused-ring (bicyclic) bond motifs is 2. The molecule has 0 unspecified atom stereocenters. The van der Waals surface area contributed by atoms with E-state index in [9.17, 15) is 4.79 Å². The topological polar surface area (TPSA) is 37.3 Å². The second-order valence-corrected chi connectivity index (χ2v) is 6.72. The lowest BCUT2D eigenvalue weighted by Crippen LogP contribution is -1.95. The van der Waals surface area contributed by atoms with Gasteiger partial charge in [-0.1, -0.05) is 77.4 Å². The Bertz CT molecular complexity index is 1050. The number of benzene rings is 4. The summed E-state index contributed by atoms with van der Waals surface area (Å²) in [6, 6.07) is 24.2. The van der Waals surface area contributed by atoms with Crippen molar-refractivity contribution in [2.75, 3.05) is 0 Å². The van der Waals surface area contributed by atoms with E-state index in [4.69, 9.17) is 5.11 Å². The monoisotopic (exact) mass is 342 g/mol. The van der Waals surface area contributed by atoms with Gasteiger partial charge in [-0.05, 0) is 54.4 Å². The molecule has 0 saturated carbocycles. The fourth-order valence-corrected chi connectivity index (χ4v) is 2.98. The highest BCUT2D eigenvalue weighted by atomic mass is 16.4. The number of rotatable bonds is 1. The van der Waals surface area contributed by atoms with Crippen LogP contribution in [-0.2, 0) is 0 Å². The predicted molar refractivity (Wildman–Crippen MR) is 109 cm³/mol. The van der Waals surface area contributed by atoms with Crippen LogP contribution in [0.25, 0.3) is 21.5 Å². The van der Waals surface area contributed by atoms with Crippen LogP contribution in [0, 0.1) is 20.8 Å². The number of carboxylic acids is 1. The Balaban J connectivity index is 0.000000152. The first-order valence-corrected chi connectivity index (χ1v) is 8.63. The molecule has 2 nitrogen and oxygen atoms in total. The zero-order chi connectivity index (χ0) is 18.7. The van der Waals surface area contributed by atoms with E-state index >= 15 is 0 Å². The van der Waals surface area contributed by atoms with Crippen LogP contribution in [0.1, 0.15) is 27.0 Å². The van der Waals surface area contributed by atoms with E-state index in [0.717, 1.165) is 10.8 Å². The summed E-state index contributed by atoms with van der Waals surface area (Å²) in [4.78, 5) is 10.7. The van der Waals surface area contributed by atoms with Gasteiger partial charge in [-0.3, -0.25) is 0 Å². The van der Waals surface area contributed by atoms with Gasteiger partial charge in [0.05, 0.1) is 5.56 Å². The van der Waals surface area contributed by atoms with Crippen LogP contribution in [0.4, 0.5) is 0 Å². The summed E-state index contributed by atoms with van der Waals surface area (Å²) < 4.78 is 0. The Morgan fingerprint density at radius 3 is 1.31 bits per heavy atom. The van der Waals surface area contributed by atoms with Crippen LogP contribution in [0.2, 0.25) is 0 Å². The van der Waals surface area contributed by atoms with E-state index in [0.29, 0.717) is 5.56 Å². The summed E-state index contributed by atoms with van der Waals surface area (Å²) >= 11 is 0. The largest absolute Gasteiger partial charge is 0.478 e. The molecule has 130 valence electrons. The minimum absolute atomic E-state index is 0.335. The maximum Gasteiger partial charge on any atom is 0.335 e. The lowest BCUT2D eigenvalue weighted by Gasteiger charge is -2.00. The molecule has 0 spiro atoms. The van der Waals surface area contributed by atoms with E-state index in [1.165, 1.54) is 27.5 Å². The van der Waals surface area contributed by atoms with Crippen molar-refractivity contribution in [2.45, 2.75) is 20.8 Å². The van der Waals surface area contributed by atoms with E-state index in [1.54, 1.807) is 12.1 Å². The molecule has 4 aromatic carbocycles. The van der Waals surface area contributed by atoms with Crippen molar-refractivity contribution in [2.24, 2.45) is 0 Å². The number of aryl methyl sites for hydroxylation is 3. The average molecular weight is 342 g/mol. The molecule has 0 fully saturated rings. The maximum atomic E-state index is 10.7. The molecule has 0 radical (unpaired) electrons. The van der Waals surface area contributed by atoms with Gasteiger partial charge in [0.25, 0.3) is 0 Å². The minimum atomic E-state index is -0.882. The standard InChI is InChI=1S/C12H10O2.C12H12/c1-8-2-3-10-7-11(12(13)14)5-4-9(10)6-8;1-9-3-5-12-8-10(2)4-6-11(12)7-9/h2-7H,1H3,(H,13,14);3-8H,1-2H3. The van der Waals surface area contributed by atoms with Crippen molar-refractivity contribution in [3.63, 3.8) is 0 Å². The molecular weight excluding hydrogens is 320 g/mol. The molecule has 0 aromatic heterocycles. The predicted octanol–water partition coefficient (Wildman–Crippen LogP) is 6.30. The lowest BCUT2D eigenvalue weighted by atomic mass is 10.1. The molecule has 2 heteroatoms. The normalized spacial score (nSPS) is 10.4. The van der Waals surface area contributed by atoms with Crippen molar-refractivity contribution in [3.05, 3.63) is 95.1 Å². The van der Waals surface area contributed by atoms with Crippen LogP contribution in [0.5, 0.6) is 0 Å². The van der Waals surface area contributed by atoms with Crippen LogP contribution >= 0.6 is 0 Å². The summed E-state index contributed by atoms with van der Waals surface area (Å²) in [6.45, 7) is 6.27. The van der Waals surface area contributed by atoms with E-state index in [-0.39, 0.29) is 0 Å². The Morgan fingerprint density at radius 2 is 0.923 bits per heavy atom. The average Bonchev–Trinajstić information content (AvgIpc) is 2.62. The zero-order valence-electron chi connectivity index (χ0n) is 15.3. The molecule has 0 aliphatic rings. The van der Waals surface area contributed by atoms with Gasteiger partial charge in [0.1, 0.15) is 0 Å². The Labute approximate surface area is 153 Å². The summed E-state index contributed by atoms with van der Waals surface area (Å²) in [7, 11) is 0. The molecule has 1 N–H and O–H groups in total. The molecule has 0 aliphatic carbocycles. The van der Waals surface area contributed by atoms with Gasteiger partial charge < -0.3 is 5.11 Å².